The Morgan fingerprint density at radius 2 is 1.92 bits per heavy atom. The van der Waals surface area contributed by atoms with Crippen molar-refractivity contribution in [3.8, 4) is 0 Å². The fourth-order valence-electron chi connectivity index (χ4n) is 2.21. The average Bonchev–Trinajstić information content (AvgIpc) is 2.58. The summed E-state index contributed by atoms with van der Waals surface area (Å²) in [5.74, 6) is -2.00. The van der Waals surface area contributed by atoms with Gasteiger partial charge in [0.25, 0.3) is 11.6 Å². The Hall–Kier alpha value is -2.97. The molecule has 0 aromatic heterocycles. The van der Waals surface area contributed by atoms with Gasteiger partial charge in [0, 0.05) is 11.6 Å². The largest absolute Gasteiger partial charge is 0.467 e. The molecule has 9 nitrogen and oxygen atoms in total. The predicted molar refractivity (Wildman–Crippen MR) is 91.5 cm³/mol. The molecule has 0 bridgehead atoms. The van der Waals surface area contributed by atoms with E-state index in [9.17, 15) is 24.5 Å². The van der Waals surface area contributed by atoms with Gasteiger partial charge < -0.3 is 14.8 Å². The zero-order valence-corrected chi connectivity index (χ0v) is 15.1. The Morgan fingerprint density at radius 1 is 1.27 bits per heavy atom. The van der Waals surface area contributed by atoms with Crippen molar-refractivity contribution in [2.45, 2.75) is 33.2 Å². The van der Waals surface area contributed by atoms with Crippen molar-refractivity contribution in [1.82, 2.24) is 5.32 Å². The molecule has 1 amide bonds. The molecule has 1 N–H and O–H groups in total. The van der Waals surface area contributed by atoms with Gasteiger partial charge in [-0.1, -0.05) is 19.9 Å². The number of methoxy groups -OCH3 is 1. The van der Waals surface area contributed by atoms with Crippen LogP contribution in [-0.4, -0.2) is 42.5 Å². The predicted octanol–water partition coefficient (Wildman–Crippen LogP) is 1.76. The molecule has 0 saturated heterocycles. The fraction of sp³-hybridized carbons (Fsp3) is 0.471. The van der Waals surface area contributed by atoms with Crippen LogP contribution < -0.4 is 5.32 Å². The third-order valence-corrected chi connectivity index (χ3v) is 3.50. The summed E-state index contributed by atoms with van der Waals surface area (Å²) in [5, 5.41) is 13.4. The highest BCUT2D eigenvalue weighted by atomic mass is 16.6. The van der Waals surface area contributed by atoms with E-state index in [2.05, 4.69) is 10.1 Å². The minimum absolute atomic E-state index is 0.0400. The fourth-order valence-corrected chi connectivity index (χ4v) is 2.21. The second-order valence-electron chi connectivity index (χ2n) is 6.11. The lowest BCUT2D eigenvalue weighted by molar-refractivity contribution is -0.385. The van der Waals surface area contributed by atoms with Gasteiger partial charge in [0.2, 0.25) is 0 Å². The maximum absolute atomic E-state index is 12.0. The van der Waals surface area contributed by atoms with Crippen molar-refractivity contribution in [3.05, 3.63) is 39.4 Å². The standard InChI is InChI=1S/C17H22N2O7/c1-10(2)7-13(17(22)25-4)18-15(20)9-26-16(21)12-6-5-11(3)14(8-12)19(23)24/h5-6,8,10,13H,7,9H2,1-4H3,(H,18,20). The highest BCUT2D eigenvalue weighted by Gasteiger charge is 2.23. The molecule has 0 spiro atoms. The van der Waals surface area contributed by atoms with Gasteiger partial charge in [-0.3, -0.25) is 14.9 Å². The van der Waals surface area contributed by atoms with Crippen LogP contribution in [0.1, 0.15) is 36.2 Å². The molecule has 0 fully saturated rings. The van der Waals surface area contributed by atoms with E-state index in [0.717, 1.165) is 6.07 Å². The summed E-state index contributed by atoms with van der Waals surface area (Å²) in [6.07, 6.45) is 0.372. The lowest BCUT2D eigenvalue weighted by atomic mass is 10.0. The number of nitrogens with one attached hydrogen (secondary N) is 1. The number of benzene rings is 1. The van der Waals surface area contributed by atoms with Gasteiger partial charge in [-0.2, -0.15) is 0 Å². The third kappa shape index (κ3) is 6.15. The van der Waals surface area contributed by atoms with Crippen molar-refractivity contribution in [3.63, 3.8) is 0 Å². The number of hydrogen-bond acceptors (Lipinski definition) is 7. The Labute approximate surface area is 150 Å². The molecule has 26 heavy (non-hydrogen) atoms. The van der Waals surface area contributed by atoms with Crippen molar-refractivity contribution in [2.24, 2.45) is 5.92 Å². The SMILES string of the molecule is COC(=O)C(CC(C)C)NC(=O)COC(=O)c1ccc(C)c([N+](=O)[O-])c1. The molecule has 1 rings (SSSR count). The number of nitrogens with zero attached hydrogens (tertiary/aromatic N) is 1. The van der Waals surface area contributed by atoms with Gasteiger partial charge in [-0.25, -0.2) is 9.59 Å². The molecule has 0 saturated carbocycles. The van der Waals surface area contributed by atoms with Gasteiger partial charge in [-0.05, 0) is 25.3 Å². The van der Waals surface area contributed by atoms with E-state index >= 15 is 0 Å². The Bertz CT molecular complexity index is 700. The van der Waals surface area contributed by atoms with Gasteiger partial charge >= 0.3 is 11.9 Å². The van der Waals surface area contributed by atoms with Gasteiger partial charge in [0.1, 0.15) is 6.04 Å². The Kier molecular flexibility index (Phi) is 7.70. The van der Waals surface area contributed by atoms with Crippen molar-refractivity contribution < 1.29 is 28.8 Å². The lowest BCUT2D eigenvalue weighted by Crippen LogP contribution is -2.44. The molecule has 1 aromatic carbocycles. The summed E-state index contributed by atoms with van der Waals surface area (Å²) in [5.41, 5.74) is 0.146. The number of aryl methyl sites for hydroxylation is 1. The smallest absolute Gasteiger partial charge is 0.338 e. The van der Waals surface area contributed by atoms with E-state index in [4.69, 9.17) is 4.74 Å². The number of rotatable bonds is 8. The summed E-state index contributed by atoms with van der Waals surface area (Å²) in [6.45, 7) is 4.69. The quantitative estimate of drug-likeness (QED) is 0.422. The Balaban J connectivity index is 2.68. The molecule has 0 aliphatic heterocycles. The normalized spacial score (nSPS) is 11.6. The van der Waals surface area contributed by atoms with Gasteiger partial charge in [0.15, 0.2) is 6.61 Å². The van der Waals surface area contributed by atoms with Crippen LogP contribution in [0.4, 0.5) is 5.69 Å². The summed E-state index contributed by atoms with van der Waals surface area (Å²) in [7, 11) is 1.21. The van der Waals surface area contributed by atoms with Crippen molar-refractivity contribution in [1.29, 1.82) is 0 Å². The first-order valence-electron chi connectivity index (χ1n) is 7.95. The number of carbonyl (C=O) groups is 3. The second kappa shape index (κ2) is 9.50. The minimum Gasteiger partial charge on any atom is -0.467 e. The molecular weight excluding hydrogens is 344 g/mol. The molecule has 0 radical (unpaired) electrons. The second-order valence-corrected chi connectivity index (χ2v) is 6.11. The lowest BCUT2D eigenvalue weighted by Gasteiger charge is -2.18. The maximum Gasteiger partial charge on any atom is 0.338 e. The first-order chi connectivity index (χ1) is 12.1. The van der Waals surface area contributed by atoms with Crippen LogP contribution >= 0.6 is 0 Å². The van der Waals surface area contributed by atoms with Crippen LogP contribution in [0.5, 0.6) is 0 Å². The number of carbonyl (C=O) groups excluding carboxylic acids is 3. The topological polar surface area (TPSA) is 125 Å². The van der Waals surface area contributed by atoms with Gasteiger partial charge in [-0.15, -0.1) is 0 Å². The van der Waals surface area contributed by atoms with E-state index < -0.39 is 35.4 Å². The number of nitro groups is 1. The summed E-state index contributed by atoms with van der Waals surface area (Å²) in [4.78, 5) is 45.9. The monoisotopic (exact) mass is 366 g/mol. The minimum atomic E-state index is -0.873. The molecule has 1 atom stereocenters. The highest BCUT2D eigenvalue weighted by molar-refractivity contribution is 5.92. The van der Waals surface area contributed by atoms with Crippen LogP contribution in [-0.2, 0) is 19.1 Å². The van der Waals surface area contributed by atoms with Gasteiger partial charge in [0.05, 0.1) is 17.6 Å². The van der Waals surface area contributed by atoms with E-state index in [1.54, 1.807) is 6.92 Å². The first-order valence-corrected chi connectivity index (χ1v) is 7.95. The number of nitro benzene ring substituents is 1. The molecule has 142 valence electrons. The summed E-state index contributed by atoms with van der Waals surface area (Å²) >= 11 is 0. The summed E-state index contributed by atoms with van der Waals surface area (Å²) in [6, 6.07) is 3.04. The van der Waals surface area contributed by atoms with Crippen LogP contribution in [0.15, 0.2) is 18.2 Å². The summed E-state index contributed by atoms with van der Waals surface area (Å²) < 4.78 is 9.49. The number of esters is 2. The zero-order valence-electron chi connectivity index (χ0n) is 15.1. The molecular formula is C17H22N2O7. The van der Waals surface area contributed by atoms with E-state index in [1.165, 1.54) is 19.2 Å². The van der Waals surface area contributed by atoms with Crippen molar-refractivity contribution in [2.75, 3.05) is 13.7 Å². The van der Waals surface area contributed by atoms with Crippen LogP contribution in [0.3, 0.4) is 0 Å². The van der Waals surface area contributed by atoms with Crippen molar-refractivity contribution >= 4 is 23.5 Å². The zero-order chi connectivity index (χ0) is 19.9. The highest BCUT2D eigenvalue weighted by Crippen LogP contribution is 2.19. The number of ether oxygens (including phenoxy) is 2. The molecule has 0 aliphatic rings. The van der Waals surface area contributed by atoms with E-state index in [1.807, 2.05) is 13.8 Å². The number of amides is 1. The molecule has 1 aromatic rings. The maximum atomic E-state index is 12.0. The number of hydrogen-bond donors (Lipinski definition) is 1. The molecule has 9 heteroatoms. The molecule has 0 aliphatic carbocycles. The molecule has 1 unspecified atom stereocenters. The van der Waals surface area contributed by atoms with E-state index in [-0.39, 0.29) is 17.2 Å². The first kappa shape index (κ1) is 21.1. The molecule has 0 heterocycles. The van der Waals surface area contributed by atoms with Crippen LogP contribution in [0.2, 0.25) is 0 Å². The van der Waals surface area contributed by atoms with Crippen LogP contribution in [0.25, 0.3) is 0 Å². The van der Waals surface area contributed by atoms with E-state index in [0.29, 0.717) is 12.0 Å². The Morgan fingerprint density at radius 3 is 2.46 bits per heavy atom. The van der Waals surface area contributed by atoms with Crippen LogP contribution in [0, 0.1) is 23.0 Å². The third-order valence-electron chi connectivity index (χ3n) is 3.50. The average molecular weight is 366 g/mol.